The third-order valence-corrected chi connectivity index (χ3v) is 5.45. The molecule has 0 radical (unpaired) electrons. The molecule has 1 N–H and O–H groups in total. The fraction of sp³-hybridized carbons (Fsp3) is 0.600. The van der Waals surface area contributed by atoms with Crippen LogP contribution >= 0.6 is 11.8 Å². The monoisotopic (exact) mass is 267 g/mol. The molecule has 1 aromatic rings. The minimum Gasteiger partial charge on any atom is -0.309 e. The van der Waals surface area contributed by atoms with E-state index < -0.39 is 0 Å². The molecule has 2 rings (SSSR count). The number of nitrogens with one attached hydrogen (secondary N) is 1. The van der Waals surface area contributed by atoms with E-state index in [1.165, 1.54) is 31.7 Å². The maximum absolute atomic E-state index is 13.2. The molecule has 100 valence electrons. The summed E-state index contributed by atoms with van der Waals surface area (Å²) in [5, 5.41) is 3.57. The fourth-order valence-electron chi connectivity index (χ4n) is 2.71. The first-order valence-corrected chi connectivity index (χ1v) is 7.92. The molecule has 1 unspecified atom stereocenters. The Morgan fingerprint density at radius 3 is 2.72 bits per heavy atom. The Balaban J connectivity index is 1.93. The molecule has 18 heavy (non-hydrogen) atoms. The van der Waals surface area contributed by atoms with E-state index in [-0.39, 0.29) is 11.9 Å². The van der Waals surface area contributed by atoms with Crippen molar-refractivity contribution in [3.63, 3.8) is 0 Å². The summed E-state index contributed by atoms with van der Waals surface area (Å²) in [6, 6.07) is 7.10. The van der Waals surface area contributed by atoms with Gasteiger partial charge in [-0.3, -0.25) is 0 Å². The van der Waals surface area contributed by atoms with Crippen molar-refractivity contribution in [1.29, 1.82) is 0 Å². The topological polar surface area (TPSA) is 12.0 Å². The Hall–Kier alpha value is -0.540. The normalized spacial score (nSPS) is 19.9. The van der Waals surface area contributed by atoms with Crippen molar-refractivity contribution in [2.75, 3.05) is 12.8 Å². The van der Waals surface area contributed by atoms with Gasteiger partial charge in [0.15, 0.2) is 0 Å². The SMILES string of the molecule is CSC1(CNC(C)c2cccc(F)c2)CCCC1. The maximum atomic E-state index is 13.2. The smallest absolute Gasteiger partial charge is 0.123 e. The van der Waals surface area contributed by atoms with Crippen molar-refractivity contribution in [2.24, 2.45) is 0 Å². The van der Waals surface area contributed by atoms with Crippen LogP contribution in [0, 0.1) is 5.82 Å². The van der Waals surface area contributed by atoms with Gasteiger partial charge in [0, 0.05) is 17.3 Å². The first-order chi connectivity index (χ1) is 8.65. The Bertz CT molecular complexity index is 388. The van der Waals surface area contributed by atoms with E-state index in [9.17, 15) is 4.39 Å². The van der Waals surface area contributed by atoms with Crippen LogP contribution in [0.2, 0.25) is 0 Å². The summed E-state index contributed by atoms with van der Waals surface area (Å²) in [5.41, 5.74) is 1.03. The molecule has 1 saturated carbocycles. The molecule has 0 saturated heterocycles. The van der Waals surface area contributed by atoms with Crippen molar-refractivity contribution in [3.05, 3.63) is 35.6 Å². The average molecular weight is 267 g/mol. The molecule has 0 aliphatic heterocycles. The van der Waals surface area contributed by atoms with E-state index in [1.54, 1.807) is 12.1 Å². The second-order valence-corrected chi connectivity index (χ2v) is 6.53. The predicted octanol–water partition coefficient (Wildman–Crippen LogP) is 4.15. The van der Waals surface area contributed by atoms with Gasteiger partial charge in [0.2, 0.25) is 0 Å². The van der Waals surface area contributed by atoms with E-state index in [0.29, 0.717) is 4.75 Å². The predicted molar refractivity (Wildman–Crippen MR) is 77.5 cm³/mol. The summed E-state index contributed by atoms with van der Waals surface area (Å²) in [6.45, 7) is 3.13. The summed E-state index contributed by atoms with van der Waals surface area (Å²) < 4.78 is 13.6. The quantitative estimate of drug-likeness (QED) is 0.860. The first-order valence-electron chi connectivity index (χ1n) is 6.69. The van der Waals surface area contributed by atoms with Crippen molar-refractivity contribution < 1.29 is 4.39 Å². The highest BCUT2D eigenvalue weighted by atomic mass is 32.2. The van der Waals surface area contributed by atoms with Crippen LogP contribution in [0.1, 0.15) is 44.2 Å². The number of hydrogen-bond acceptors (Lipinski definition) is 2. The highest BCUT2D eigenvalue weighted by molar-refractivity contribution is 8.00. The minimum absolute atomic E-state index is 0.151. The zero-order chi connectivity index (χ0) is 13.0. The van der Waals surface area contributed by atoms with Crippen LogP contribution in [0.3, 0.4) is 0 Å². The van der Waals surface area contributed by atoms with Gasteiger partial charge >= 0.3 is 0 Å². The first kappa shape index (κ1) is 13.9. The Labute approximate surface area is 114 Å². The highest BCUT2D eigenvalue weighted by Crippen LogP contribution is 2.39. The molecule has 0 aromatic heterocycles. The Kier molecular flexibility index (Phi) is 4.68. The summed E-state index contributed by atoms with van der Waals surface area (Å²) in [7, 11) is 0. The zero-order valence-corrected chi connectivity index (χ0v) is 12.0. The van der Waals surface area contributed by atoms with Gasteiger partial charge in [-0.2, -0.15) is 11.8 Å². The number of benzene rings is 1. The highest BCUT2D eigenvalue weighted by Gasteiger charge is 2.32. The number of rotatable bonds is 5. The molecular weight excluding hydrogens is 245 g/mol. The van der Waals surface area contributed by atoms with Gasteiger partial charge in [-0.15, -0.1) is 0 Å². The van der Waals surface area contributed by atoms with Crippen LogP contribution in [0.25, 0.3) is 0 Å². The number of halogens is 1. The molecule has 3 heteroatoms. The third-order valence-electron chi connectivity index (χ3n) is 4.03. The van der Waals surface area contributed by atoms with Crippen molar-refractivity contribution >= 4 is 11.8 Å². The Morgan fingerprint density at radius 2 is 2.11 bits per heavy atom. The van der Waals surface area contributed by atoms with Gasteiger partial charge in [-0.05, 0) is 43.7 Å². The summed E-state index contributed by atoms with van der Waals surface area (Å²) in [4.78, 5) is 0. The van der Waals surface area contributed by atoms with Crippen LogP contribution < -0.4 is 5.32 Å². The van der Waals surface area contributed by atoms with Gasteiger partial charge in [0.05, 0.1) is 0 Å². The molecule has 1 aliphatic rings. The van der Waals surface area contributed by atoms with Crippen molar-refractivity contribution in [3.8, 4) is 0 Å². The molecular formula is C15H22FNS. The molecule has 1 atom stereocenters. The van der Waals surface area contributed by atoms with Crippen molar-refractivity contribution in [1.82, 2.24) is 5.32 Å². The maximum Gasteiger partial charge on any atom is 0.123 e. The number of thioether (sulfide) groups is 1. The molecule has 0 spiro atoms. The Morgan fingerprint density at radius 1 is 1.39 bits per heavy atom. The van der Waals surface area contributed by atoms with Crippen LogP contribution in [-0.4, -0.2) is 17.5 Å². The molecule has 0 amide bonds. The van der Waals surface area contributed by atoms with Crippen LogP contribution in [0.4, 0.5) is 4.39 Å². The van der Waals surface area contributed by atoms with Crippen molar-refractivity contribution in [2.45, 2.75) is 43.4 Å². The lowest BCUT2D eigenvalue weighted by atomic mass is 10.0. The lowest BCUT2D eigenvalue weighted by Gasteiger charge is -2.29. The number of hydrogen-bond donors (Lipinski definition) is 1. The van der Waals surface area contributed by atoms with E-state index in [0.717, 1.165) is 12.1 Å². The molecule has 0 heterocycles. The summed E-state index contributed by atoms with van der Waals surface area (Å²) in [5.74, 6) is -0.151. The van der Waals surface area contributed by atoms with Gasteiger partial charge in [0.25, 0.3) is 0 Å². The fourth-order valence-corrected chi connectivity index (χ4v) is 3.63. The van der Waals surface area contributed by atoms with Crippen LogP contribution in [0.15, 0.2) is 24.3 Å². The summed E-state index contributed by atoms with van der Waals surface area (Å²) >= 11 is 1.98. The molecule has 0 bridgehead atoms. The third kappa shape index (κ3) is 3.27. The van der Waals surface area contributed by atoms with E-state index >= 15 is 0 Å². The van der Waals surface area contributed by atoms with Gasteiger partial charge in [-0.25, -0.2) is 4.39 Å². The van der Waals surface area contributed by atoms with E-state index in [2.05, 4.69) is 18.5 Å². The largest absolute Gasteiger partial charge is 0.309 e. The minimum atomic E-state index is -0.151. The van der Waals surface area contributed by atoms with Crippen LogP contribution in [0.5, 0.6) is 0 Å². The van der Waals surface area contributed by atoms with Crippen LogP contribution in [-0.2, 0) is 0 Å². The average Bonchev–Trinajstić information content (AvgIpc) is 2.85. The molecule has 1 aliphatic carbocycles. The zero-order valence-electron chi connectivity index (χ0n) is 11.2. The molecule has 1 fully saturated rings. The second kappa shape index (κ2) is 6.07. The van der Waals surface area contributed by atoms with E-state index in [1.807, 2.05) is 17.8 Å². The summed E-state index contributed by atoms with van der Waals surface area (Å²) in [6.07, 6.45) is 7.50. The standard InChI is InChI=1S/C15H22FNS/c1-12(13-6-5-7-14(16)10-13)17-11-15(18-2)8-3-4-9-15/h5-7,10,12,17H,3-4,8-9,11H2,1-2H3. The lowest BCUT2D eigenvalue weighted by Crippen LogP contribution is -2.36. The van der Waals surface area contributed by atoms with Gasteiger partial charge in [0.1, 0.15) is 5.82 Å². The molecule has 1 aromatic carbocycles. The van der Waals surface area contributed by atoms with Gasteiger partial charge < -0.3 is 5.32 Å². The molecule has 1 nitrogen and oxygen atoms in total. The van der Waals surface area contributed by atoms with E-state index in [4.69, 9.17) is 0 Å². The lowest BCUT2D eigenvalue weighted by molar-refractivity contribution is 0.485. The van der Waals surface area contributed by atoms with Gasteiger partial charge in [-0.1, -0.05) is 25.0 Å². The second-order valence-electron chi connectivity index (χ2n) is 5.25.